The van der Waals surface area contributed by atoms with E-state index in [1.54, 1.807) is 4.88 Å². The third kappa shape index (κ3) is 2.92. The molecule has 0 bridgehead atoms. The Balaban J connectivity index is 1.60. The summed E-state index contributed by atoms with van der Waals surface area (Å²) in [6, 6.07) is 2.25. The zero-order chi connectivity index (χ0) is 13.2. The maximum Gasteiger partial charge on any atom is 0.137 e. The summed E-state index contributed by atoms with van der Waals surface area (Å²) in [5.74, 6) is 1.60. The molecule has 0 spiro atoms. The van der Waals surface area contributed by atoms with Crippen molar-refractivity contribution in [2.24, 2.45) is 11.8 Å². The topological polar surface area (TPSA) is 20.3 Å². The molecule has 0 N–H and O–H groups in total. The van der Waals surface area contributed by atoms with E-state index in [1.807, 2.05) is 11.3 Å². The van der Waals surface area contributed by atoms with E-state index in [4.69, 9.17) is 0 Å². The van der Waals surface area contributed by atoms with Crippen molar-refractivity contribution in [3.63, 3.8) is 0 Å². The molecule has 2 heterocycles. The number of carbonyl (C=O) groups excluding carboxylic acids is 1. The van der Waals surface area contributed by atoms with E-state index >= 15 is 0 Å². The second kappa shape index (κ2) is 5.76. The summed E-state index contributed by atoms with van der Waals surface area (Å²) in [4.78, 5) is 16.1. The van der Waals surface area contributed by atoms with Crippen molar-refractivity contribution < 1.29 is 4.79 Å². The zero-order valence-corrected chi connectivity index (χ0v) is 12.5. The van der Waals surface area contributed by atoms with Crippen molar-refractivity contribution in [1.29, 1.82) is 0 Å². The van der Waals surface area contributed by atoms with Gasteiger partial charge < -0.3 is 0 Å². The number of thiophene rings is 1. The third-order valence-electron chi connectivity index (χ3n) is 4.81. The Morgan fingerprint density at radius 1 is 1.42 bits per heavy atom. The lowest BCUT2D eigenvalue weighted by molar-refractivity contribution is -0.126. The van der Waals surface area contributed by atoms with Crippen LogP contribution in [-0.4, -0.2) is 23.8 Å². The third-order valence-corrected chi connectivity index (χ3v) is 5.84. The van der Waals surface area contributed by atoms with Crippen LogP contribution in [0.25, 0.3) is 0 Å². The van der Waals surface area contributed by atoms with Gasteiger partial charge in [0.1, 0.15) is 5.78 Å². The molecular formula is C16H23NOS. The Morgan fingerprint density at radius 3 is 3.16 bits per heavy atom. The normalized spacial score (nSPS) is 28.4. The van der Waals surface area contributed by atoms with Gasteiger partial charge in [0.25, 0.3) is 0 Å². The van der Waals surface area contributed by atoms with Crippen LogP contribution in [0.1, 0.15) is 43.0 Å². The number of hydrogen-bond acceptors (Lipinski definition) is 3. The second-order valence-corrected chi connectivity index (χ2v) is 7.07. The molecule has 0 saturated heterocycles. The van der Waals surface area contributed by atoms with Crippen LogP contribution in [0.3, 0.4) is 0 Å². The van der Waals surface area contributed by atoms with Gasteiger partial charge >= 0.3 is 0 Å². The second-order valence-electron chi connectivity index (χ2n) is 6.07. The number of Topliss-reactive ketones (excluding diaryl/α,β-unsaturated/α-hetero) is 1. The van der Waals surface area contributed by atoms with Crippen LogP contribution in [-0.2, 0) is 17.8 Å². The molecule has 19 heavy (non-hydrogen) atoms. The SMILES string of the molecule is CCC1CCC(=O)C(CN2CCc3sccc3C2)C1. The Kier molecular flexibility index (Phi) is 4.04. The largest absolute Gasteiger partial charge is 0.299 e. The van der Waals surface area contributed by atoms with Crippen LogP contribution in [0, 0.1) is 11.8 Å². The van der Waals surface area contributed by atoms with E-state index in [0.717, 1.165) is 44.8 Å². The molecule has 2 aliphatic rings. The van der Waals surface area contributed by atoms with Crippen molar-refractivity contribution in [2.45, 2.75) is 45.6 Å². The van der Waals surface area contributed by atoms with Gasteiger partial charge in [-0.15, -0.1) is 11.3 Å². The standard InChI is InChI=1S/C16H23NOS/c1-2-12-3-4-15(18)14(9-12)11-17-7-5-16-13(10-17)6-8-19-16/h6,8,12,14H,2-5,7,9-11H2,1H3. The molecule has 0 amide bonds. The van der Waals surface area contributed by atoms with Gasteiger partial charge in [-0.05, 0) is 42.2 Å². The Hall–Kier alpha value is -0.670. The number of nitrogens with zero attached hydrogens (tertiary/aromatic N) is 1. The van der Waals surface area contributed by atoms with Gasteiger partial charge in [0.05, 0.1) is 0 Å². The van der Waals surface area contributed by atoms with Crippen LogP contribution in [0.4, 0.5) is 0 Å². The highest BCUT2D eigenvalue weighted by atomic mass is 32.1. The Morgan fingerprint density at radius 2 is 2.32 bits per heavy atom. The van der Waals surface area contributed by atoms with Gasteiger partial charge in [-0.1, -0.05) is 13.3 Å². The van der Waals surface area contributed by atoms with Crippen LogP contribution >= 0.6 is 11.3 Å². The van der Waals surface area contributed by atoms with Gasteiger partial charge in [-0.2, -0.15) is 0 Å². The number of rotatable bonds is 3. The monoisotopic (exact) mass is 277 g/mol. The van der Waals surface area contributed by atoms with Crippen LogP contribution in [0.15, 0.2) is 11.4 Å². The fraction of sp³-hybridized carbons (Fsp3) is 0.688. The summed E-state index contributed by atoms with van der Waals surface area (Å²) in [6.07, 6.45) is 5.48. The van der Waals surface area contributed by atoms with Crippen molar-refractivity contribution in [2.75, 3.05) is 13.1 Å². The molecule has 3 rings (SSSR count). The van der Waals surface area contributed by atoms with Crippen molar-refractivity contribution in [3.8, 4) is 0 Å². The molecule has 1 aromatic heterocycles. The summed E-state index contributed by atoms with van der Waals surface area (Å²) in [5, 5.41) is 2.20. The maximum atomic E-state index is 12.1. The molecule has 0 aromatic carbocycles. The minimum absolute atomic E-state index is 0.305. The minimum atomic E-state index is 0.305. The molecule has 2 atom stereocenters. The average molecular weight is 277 g/mol. The lowest BCUT2D eigenvalue weighted by Gasteiger charge is -2.33. The highest BCUT2D eigenvalue weighted by Gasteiger charge is 2.30. The molecule has 104 valence electrons. The molecule has 1 saturated carbocycles. The first kappa shape index (κ1) is 13.3. The smallest absolute Gasteiger partial charge is 0.137 e. The summed E-state index contributed by atoms with van der Waals surface area (Å²) < 4.78 is 0. The average Bonchev–Trinajstić information content (AvgIpc) is 2.89. The highest BCUT2D eigenvalue weighted by Crippen LogP contribution is 2.31. The molecule has 2 unspecified atom stereocenters. The fourth-order valence-corrected chi connectivity index (χ4v) is 4.41. The van der Waals surface area contributed by atoms with Crippen LogP contribution in [0.2, 0.25) is 0 Å². The molecule has 1 aromatic rings. The quantitative estimate of drug-likeness (QED) is 0.843. The summed E-state index contributed by atoms with van der Waals surface area (Å²) in [7, 11) is 0. The highest BCUT2D eigenvalue weighted by molar-refractivity contribution is 7.10. The van der Waals surface area contributed by atoms with Crippen molar-refractivity contribution in [3.05, 3.63) is 21.9 Å². The predicted octanol–water partition coefficient (Wildman–Crippen LogP) is 3.50. The van der Waals surface area contributed by atoms with E-state index in [0.29, 0.717) is 11.7 Å². The number of fused-ring (bicyclic) bond motifs is 1. The Labute approximate surface area is 119 Å². The van der Waals surface area contributed by atoms with Crippen molar-refractivity contribution in [1.82, 2.24) is 4.90 Å². The first-order valence-corrected chi connectivity index (χ1v) is 8.44. The van der Waals surface area contributed by atoms with E-state index < -0.39 is 0 Å². The summed E-state index contributed by atoms with van der Waals surface area (Å²) in [5.41, 5.74) is 1.49. The van der Waals surface area contributed by atoms with E-state index in [-0.39, 0.29) is 0 Å². The predicted molar refractivity (Wildman–Crippen MR) is 79.4 cm³/mol. The van der Waals surface area contributed by atoms with Gasteiger partial charge in [0.2, 0.25) is 0 Å². The number of hydrogen-bond donors (Lipinski definition) is 0. The van der Waals surface area contributed by atoms with Crippen LogP contribution < -0.4 is 0 Å². The molecule has 2 nitrogen and oxygen atoms in total. The van der Waals surface area contributed by atoms with E-state index in [9.17, 15) is 4.79 Å². The fourth-order valence-electron chi connectivity index (χ4n) is 3.52. The lowest BCUT2D eigenvalue weighted by Crippen LogP contribution is -2.39. The Bertz CT molecular complexity index is 453. The molecule has 1 fully saturated rings. The van der Waals surface area contributed by atoms with Gasteiger partial charge in [0.15, 0.2) is 0 Å². The number of carbonyl (C=O) groups is 1. The summed E-state index contributed by atoms with van der Waals surface area (Å²) in [6.45, 7) is 5.44. The lowest BCUT2D eigenvalue weighted by atomic mass is 9.79. The van der Waals surface area contributed by atoms with E-state index in [2.05, 4.69) is 23.3 Å². The van der Waals surface area contributed by atoms with Gasteiger partial charge in [-0.3, -0.25) is 9.69 Å². The molecule has 0 radical (unpaired) electrons. The first-order chi connectivity index (χ1) is 9.26. The maximum absolute atomic E-state index is 12.1. The van der Waals surface area contributed by atoms with Crippen molar-refractivity contribution >= 4 is 17.1 Å². The molecule has 1 aliphatic carbocycles. The number of ketones is 1. The summed E-state index contributed by atoms with van der Waals surface area (Å²) >= 11 is 1.88. The van der Waals surface area contributed by atoms with Gasteiger partial charge in [0, 0.05) is 36.9 Å². The zero-order valence-electron chi connectivity index (χ0n) is 11.7. The molecular weight excluding hydrogens is 254 g/mol. The van der Waals surface area contributed by atoms with Crippen LogP contribution in [0.5, 0.6) is 0 Å². The first-order valence-electron chi connectivity index (χ1n) is 7.56. The minimum Gasteiger partial charge on any atom is -0.299 e. The molecule has 1 aliphatic heterocycles. The van der Waals surface area contributed by atoms with E-state index in [1.165, 1.54) is 18.4 Å². The van der Waals surface area contributed by atoms with Gasteiger partial charge in [-0.25, -0.2) is 0 Å². The molecule has 3 heteroatoms.